The average molecular weight is 432 g/mol. The number of aromatic amines is 1. The van der Waals surface area contributed by atoms with E-state index in [1.807, 2.05) is 24.3 Å². The number of H-pyrrole nitrogens is 1. The molecular formula is C25H21FN2O4. The van der Waals surface area contributed by atoms with Gasteiger partial charge in [0.15, 0.2) is 0 Å². The van der Waals surface area contributed by atoms with Gasteiger partial charge in [0.25, 0.3) is 0 Å². The lowest BCUT2D eigenvalue weighted by Gasteiger charge is -2.13. The van der Waals surface area contributed by atoms with Crippen LogP contribution in [0.4, 0.5) is 4.39 Å². The molecule has 32 heavy (non-hydrogen) atoms. The van der Waals surface area contributed by atoms with E-state index in [9.17, 15) is 19.4 Å². The van der Waals surface area contributed by atoms with Crippen molar-refractivity contribution in [2.24, 2.45) is 0 Å². The van der Waals surface area contributed by atoms with E-state index in [1.54, 1.807) is 12.1 Å². The number of aliphatic hydroxyl groups excluding tert-OH is 1. The highest BCUT2D eigenvalue weighted by Gasteiger charge is 2.43. The standard InChI is InChI=1S/C25H21FN2O4/c26-18-10-20-17(9-16(18)13-3-5-15(6-4-13)25(12-29)7-8-25)22(24(31)27-20)23(30)21-11-19(28-32-21)14-1-2-14/h3-6,9-11,14,27,29,31H,1-2,7-8,12H2. The molecule has 162 valence electrons. The predicted molar refractivity (Wildman–Crippen MR) is 115 cm³/mol. The molecule has 0 spiro atoms. The number of fused-ring (bicyclic) bond motifs is 1. The van der Waals surface area contributed by atoms with Gasteiger partial charge in [0, 0.05) is 28.3 Å². The molecular weight excluding hydrogens is 411 g/mol. The Hall–Kier alpha value is -3.45. The van der Waals surface area contributed by atoms with Crippen LogP contribution in [0.3, 0.4) is 0 Å². The Bertz CT molecular complexity index is 1360. The van der Waals surface area contributed by atoms with E-state index in [4.69, 9.17) is 4.52 Å². The number of carbonyl (C=O) groups is 1. The fourth-order valence-electron chi connectivity index (χ4n) is 4.44. The Kier molecular flexibility index (Phi) is 4.07. The van der Waals surface area contributed by atoms with E-state index in [-0.39, 0.29) is 29.2 Å². The number of nitrogens with zero attached hydrogens (tertiary/aromatic N) is 1. The molecule has 2 fully saturated rings. The van der Waals surface area contributed by atoms with Crippen LogP contribution in [0.1, 0.15) is 59.0 Å². The largest absolute Gasteiger partial charge is 0.494 e. The number of benzene rings is 2. The lowest BCUT2D eigenvalue weighted by atomic mass is 9.93. The molecule has 0 saturated heterocycles. The summed E-state index contributed by atoms with van der Waals surface area (Å²) in [7, 11) is 0. The highest BCUT2D eigenvalue weighted by molar-refractivity contribution is 6.17. The molecule has 3 N–H and O–H groups in total. The first-order valence-corrected chi connectivity index (χ1v) is 10.8. The Labute approximate surface area is 182 Å². The molecule has 4 aromatic rings. The normalized spacial score (nSPS) is 17.1. The molecule has 2 aliphatic carbocycles. The number of aromatic nitrogens is 2. The summed E-state index contributed by atoms with van der Waals surface area (Å²) in [6.45, 7) is 0.102. The van der Waals surface area contributed by atoms with Gasteiger partial charge in [-0.15, -0.1) is 0 Å². The first kappa shape index (κ1) is 19.3. The Morgan fingerprint density at radius 1 is 1.19 bits per heavy atom. The predicted octanol–water partition coefficient (Wildman–Crippen LogP) is 4.80. The molecule has 2 aromatic carbocycles. The monoisotopic (exact) mass is 432 g/mol. The van der Waals surface area contributed by atoms with Gasteiger partial charge < -0.3 is 19.7 Å². The van der Waals surface area contributed by atoms with E-state index >= 15 is 0 Å². The molecule has 0 atom stereocenters. The van der Waals surface area contributed by atoms with Crippen LogP contribution in [0.5, 0.6) is 5.88 Å². The topological polar surface area (TPSA) is 99.4 Å². The Balaban J connectivity index is 1.41. The van der Waals surface area contributed by atoms with Crippen molar-refractivity contribution >= 4 is 16.7 Å². The van der Waals surface area contributed by atoms with Gasteiger partial charge in [-0.25, -0.2) is 4.39 Å². The SMILES string of the molecule is O=C(c1cc(C2CC2)no1)c1c(O)[nH]c2cc(F)c(-c3ccc(C4(CO)CC4)cc3)cc12. The summed E-state index contributed by atoms with van der Waals surface area (Å²) in [6.07, 6.45) is 3.95. The smallest absolute Gasteiger partial charge is 0.237 e. The van der Waals surface area contributed by atoms with E-state index < -0.39 is 11.6 Å². The van der Waals surface area contributed by atoms with Gasteiger partial charge >= 0.3 is 0 Å². The summed E-state index contributed by atoms with van der Waals surface area (Å²) in [6, 6.07) is 11.9. The summed E-state index contributed by atoms with van der Waals surface area (Å²) in [4.78, 5) is 15.8. The summed E-state index contributed by atoms with van der Waals surface area (Å²) in [5.74, 6) is -0.915. The van der Waals surface area contributed by atoms with Crippen molar-refractivity contribution < 1.29 is 23.9 Å². The zero-order chi connectivity index (χ0) is 22.0. The molecule has 7 heteroatoms. The van der Waals surface area contributed by atoms with Gasteiger partial charge in [0.2, 0.25) is 17.4 Å². The van der Waals surface area contributed by atoms with Crippen LogP contribution < -0.4 is 0 Å². The van der Waals surface area contributed by atoms with Crippen molar-refractivity contribution in [1.82, 2.24) is 10.1 Å². The van der Waals surface area contributed by atoms with Crippen LogP contribution in [0.25, 0.3) is 22.0 Å². The van der Waals surface area contributed by atoms with Crippen LogP contribution in [-0.2, 0) is 5.41 Å². The molecule has 0 radical (unpaired) electrons. The van der Waals surface area contributed by atoms with Gasteiger partial charge in [-0.05, 0) is 48.9 Å². The zero-order valence-electron chi connectivity index (χ0n) is 17.2. The maximum absolute atomic E-state index is 14.9. The summed E-state index contributed by atoms with van der Waals surface area (Å²) >= 11 is 0. The van der Waals surface area contributed by atoms with Crippen molar-refractivity contribution in [3.63, 3.8) is 0 Å². The van der Waals surface area contributed by atoms with Crippen LogP contribution in [0.2, 0.25) is 0 Å². The number of aromatic hydroxyl groups is 1. The number of ketones is 1. The fraction of sp³-hybridized carbons (Fsp3) is 0.280. The molecule has 0 unspecified atom stereocenters. The van der Waals surface area contributed by atoms with Gasteiger partial charge in [0.05, 0.1) is 23.4 Å². The van der Waals surface area contributed by atoms with Crippen molar-refractivity contribution in [3.05, 3.63) is 70.9 Å². The number of hydrogen-bond acceptors (Lipinski definition) is 5. The minimum atomic E-state index is -0.500. The molecule has 2 aliphatic rings. The quantitative estimate of drug-likeness (QED) is 0.380. The van der Waals surface area contributed by atoms with Crippen molar-refractivity contribution in [3.8, 4) is 17.0 Å². The summed E-state index contributed by atoms with van der Waals surface area (Å²) < 4.78 is 20.2. The van der Waals surface area contributed by atoms with E-state index in [0.29, 0.717) is 27.9 Å². The second kappa shape index (κ2) is 6.77. The molecule has 0 bridgehead atoms. The first-order valence-electron chi connectivity index (χ1n) is 10.8. The number of nitrogens with one attached hydrogen (secondary N) is 1. The first-order chi connectivity index (χ1) is 15.5. The van der Waals surface area contributed by atoms with Crippen molar-refractivity contribution in [2.45, 2.75) is 37.0 Å². The molecule has 6 rings (SSSR count). The molecule has 6 nitrogen and oxygen atoms in total. The number of rotatable bonds is 6. The maximum Gasteiger partial charge on any atom is 0.237 e. The van der Waals surface area contributed by atoms with Crippen molar-refractivity contribution in [2.75, 3.05) is 6.61 Å². The summed E-state index contributed by atoms with van der Waals surface area (Å²) in [5.41, 5.74) is 2.95. The number of halogens is 1. The molecule has 2 saturated carbocycles. The fourth-order valence-corrected chi connectivity index (χ4v) is 4.44. The van der Waals surface area contributed by atoms with E-state index in [1.165, 1.54) is 6.07 Å². The number of carbonyl (C=O) groups excluding carboxylic acids is 1. The van der Waals surface area contributed by atoms with Gasteiger partial charge in [-0.3, -0.25) is 4.79 Å². The van der Waals surface area contributed by atoms with Crippen LogP contribution in [-0.4, -0.2) is 32.7 Å². The zero-order valence-corrected chi connectivity index (χ0v) is 17.2. The second-order valence-corrected chi connectivity index (χ2v) is 8.96. The third kappa shape index (κ3) is 2.96. The lowest BCUT2D eigenvalue weighted by molar-refractivity contribution is 0.0999. The average Bonchev–Trinajstić information content (AvgIpc) is 3.72. The van der Waals surface area contributed by atoms with Crippen LogP contribution >= 0.6 is 0 Å². The van der Waals surface area contributed by atoms with Gasteiger partial charge in [0.1, 0.15) is 5.82 Å². The summed E-state index contributed by atoms with van der Waals surface area (Å²) in [5, 5.41) is 24.4. The van der Waals surface area contributed by atoms with E-state index in [2.05, 4.69) is 10.1 Å². The Morgan fingerprint density at radius 2 is 1.94 bits per heavy atom. The molecule has 2 aromatic heterocycles. The number of aliphatic hydroxyl groups is 1. The van der Waals surface area contributed by atoms with Crippen molar-refractivity contribution in [1.29, 1.82) is 0 Å². The minimum Gasteiger partial charge on any atom is -0.494 e. The second-order valence-electron chi connectivity index (χ2n) is 8.96. The highest BCUT2D eigenvalue weighted by Crippen LogP contribution is 2.48. The minimum absolute atomic E-state index is 0.0357. The third-order valence-electron chi connectivity index (χ3n) is 6.81. The third-order valence-corrected chi connectivity index (χ3v) is 6.81. The molecule has 0 amide bonds. The van der Waals surface area contributed by atoms with Crippen LogP contribution in [0, 0.1) is 5.82 Å². The lowest BCUT2D eigenvalue weighted by Crippen LogP contribution is -2.11. The van der Waals surface area contributed by atoms with Gasteiger partial charge in [-0.1, -0.05) is 29.4 Å². The Morgan fingerprint density at radius 3 is 2.59 bits per heavy atom. The number of hydrogen-bond donors (Lipinski definition) is 3. The molecule has 2 heterocycles. The van der Waals surface area contributed by atoms with Gasteiger partial charge in [-0.2, -0.15) is 0 Å². The molecule has 0 aliphatic heterocycles. The van der Waals surface area contributed by atoms with Crippen LogP contribution in [0.15, 0.2) is 47.0 Å². The maximum atomic E-state index is 14.9. The van der Waals surface area contributed by atoms with E-state index in [0.717, 1.165) is 36.9 Å². The highest BCUT2D eigenvalue weighted by atomic mass is 19.1.